The number of carbonyl (C=O) groups is 1. The van der Waals surface area contributed by atoms with Gasteiger partial charge in [0.25, 0.3) is 5.91 Å². The molecule has 1 aromatic heterocycles. The van der Waals surface area contributed by atoms with Crippen LogP contribution in [0.15, 0.2) is 36.4 Å². The van der Waals surface area contributed by atoms with Crippen molar-refractivity contribution in [1.29, 1.82) is 0 Å². The van der Waals surface area contributed by atoms with Crippen LogP contribution in [0.2, 0.25) is 0 Å². The molecule has 0 aliphatic carbocycles. The van der Waals surface area contributed by atoms with Gasteiger partial charge in [-0.3, -0.25) is 9.69 Å². The third-order valence-electron chi connectivity index (χ3n) is 4.59. The second kappa shape index (κ2) is 9.59. The molecular weight excluding hydrogens is 429 g/mol. The van der Waals surface area contributed by atoms with E-state index in [1.165, 1.54) is 23.5 Å². The Kier molecular flexibility index (Phi) is 7.12. The van der Waals surface area contributed by atoms with Crippen LogP contribution in [-0.4, -0.2) is 56.2 Å². The number of hydrogen-bond acceptors (Lipinski definition) is 6. The second-order valence-electron chi connectivity index (χ2n) is 7.08. The van der Waals surface area contributed by atoms with E-state index >= 15 is 0 Å². The maximum Gasteiger partial charge on any atom is 0.260 e. The fraction of sp³-hybridized carbons (Fsp3) is 0.333. The molecule has 0 bridgehead atoms. The van der Waals surface area contributed by atoms with Crippen molar-refractivity contribution in [3.8, 4) is 11.5 Å². The first kappa shape index (κ1) is 22.3. The minimum Gasteiger partial charge on any atom is -0.486 e. The molecule has 0 unspecified atom stereocenters. The Morgan fingerprint density at radius 1 is 1.10 bits per heavy atom. The first-order chi connectivity index (χ1) is 14.0. The molecule has 30 heavy (non-hydrogen) atoms. The van der Waals surface area contributed by atoms with Crippen LogP contribution in [0, 0.1) is 5.82 Å². The smallest absolute Gasteiger partial charge is 0.260 e. The fourth-order valence-corrected chi connectivity index (χ4v) is 4.18. The Morgan fingerprint density at radius 3 is 2.63 bits per heavy atom. The monoisotopic (exact) mass is 451 g/mol. The van der Waals surface area contributed by atoms with Gasteiger partial charge in [-0.05, 0) is 63.5 Å². The highest BCUT2D eigenvalue weighted by Crippen LogP contribution is 2.33. The van der Waals surface area contributed by atoms with Gasteiger partial charge in [-0.1, -0.05) is 11.3 Å². The Morgan fingerprint density at radius 2 is 1.87 bits per heavy atom. The van der Waals surface area contributed by atoms with Crippen LogP contribution in [0.25, 0.3) is 10.2 Å². The highest BCUT2D eigenvalue weighted by Gasteiger charge is 2.23. The first-order valence-electron chi connectivity index (χ1n) is 9.43. The van der Waals surface area contributed by atoms with Crippen LogP contribution >= 0.6 is 23.7 Å². The highest BCUT2D eigenvalue weighted by atomic mass is 35.5. The molecule has 9 heteroatoms. The second-order valence-corrected chi connectivity index (χ2v) is 8.09. The van der Waals surface area contributed by atoms with Crippen molar-refractivity contribution in [1.82, 2.24) is 9.88 Å². The Hall–Kier alpha value is -2.42. The van der Waals surface area contributed by atoms with E-state index in [1.807, 2.05) is 14.1 Å². The number of hydrogen-bond donors (Lipinski definition) is 0. The van der Waals surface area contributed by atoms with Gasteiger partial charge >= 0.3 is 0 Å². The minimum atomic E-state index is -0.315. The van der Waals surface area contributed by atoms with Crippen molar-refractivity contribution in [2.24, 2.45) is 0 Å². The number of amides is 1. The molecule has 1 aliphatic heterocycles. The molecule has 3 aromatic rings. The molecule has 0 spiro atoms. The SMILES string of the molecule is CN(C)CCCN(C(=O)c1ccc2c(c1)OCCO2)c1nc2ccc(F)cc2s1.Cl. The zero-order valence-electron chi connectivity index (χ0n) is 16.8. The summed E-state index contributed by atoms with van der Waals surface area (Å²) in [5, 5.41) is 0.559. The molecule has 4 rings (SSSR count). The Bertz CT molecular complexity index is 1040. The molecule has 0 fully saturated rings. The number of aromatic nitrogens is 1. The quantitative estimate of drug-likeness (QED) is 0.561. The van der Waals surface area contributed by atoms with Crippen LogP contribution in [0.1, 0.15) is 16.8 Å². The third-order valence-corrected chi connectivity index (χ3v) is 5.63. The van der Waals surface area contributed by atoms with Gasteiger partial charge in [0.15, 0.2) is 16.6 Å². The fourth-order valence-electron chi connectivity index (χ4n) is 3.16. The Balaban J connectivity index is 0.00000256. The van der Waals surface area contributed by atoms with E-state index in [0.29, 0.717) is 52.2 Å². The van der Waals surface area contributed by atoms with Gasteiger partial charge in [0.1, 0.15) is 19.0 Å². The van der Waals surface area contributed by atoms with Gasteiger partial charge in [-0.2, -0.15) is 0 Å². The first-order valence-corrected chi connectivity index (χ1v) is 10.3. The van der Waals surface area contributed by atoms with Crippen molar-refractivity contribution >= 4 is 45.0 Å². The van der Waals surface area contributed by atoms with Crippen molar-refractivity contribution in [3.05, 3.63) is 47.8 Å². The lowest BCUT2D eigenvalue weighted by Gasteiger charge is -2.23. The van der Waals surface area contributed by atoms with E-state index in [1.54, 1.807) is 29.2 Å². The predicted molar refractivity (Wildman–Crippen MR) is 119 cm³/mol. The average Bonchev–Trinajstić information content (AvgIpc) is 3.13. The molecule has 2 aromatic carbocycles. The number of rotatable bonds is 6. The lowest BCUT2D eigenvalue weighted by atomic mass is 10.1. The number of benzene rings is 2. The van der Waals surface area contributed by atoms with Gasteiger partial charge in [-0.15, -0.1) is 12.4 Å². The highest BCUT2D eigenvalue weighted by molar-refractivity contribution is 7.22. The molecular formula is C21H23ClFN3O3S. The molecule has 1 amide bonds. The van der Waals surface area contributed by atoms with Gasteiger partial charge < -0.3 is 14.4 Å². The number of thiazole rings is 1. The van der Waals surface area contributed by atoms with Crippen LogP contribution in [0.4, 0.5) is 9.52 Å². The molecule has 6 nitrogen and oxygen atoms in total. The Labute approximate surface area is 184 Å². The maximum atomic E-state index is 13.6. The normalized spacial score (nSPS) is 12.7. The van der Waals surface area contributed by atoms with Gasteiger partial charge in [0.05, 0.1) is 10.2 Å². The van der Waals surface area contributed by atoms with Crippen molar-refractivity contribution in [2.45, 2.75) is 6.42 Å². The van der Waals surface area contributed by atoms with Crippen molar-refractivity contribution in [2.75, 3.05) is 45.3 Å². The standard InChI is InChI=1S/C21H22FN3O3S.ClH/c1-24(2)8-3-9-25(21-23-16-6-5-15(22)13-19(16)29-21)20(26)14-4-7-17-18(12-14)28-11-10-27-17;/h4-7,12-13H,3,8-11H2,1-2H3;1H. The van der Waals surface area contributed by atoms with Gasteiger partial charge in [-0.25, -0.2) is 9.37 Å². The predicted octanol–water partition coefficient (Wildman–Crippen LogP) is 4.23. The maximum absolute atomic E-state index is 13.6. The molecule has 0 radical (unpaired) electrons. The van der Waals surface area contributed by atoms with Gasteiger partial charge in [0, 0.05) is 12.1 Å². The summed E-state index contributed by atoms with van der Waals surface area (Å²) < 4.78 is 25.5. The topological polar surface area (TPSA) is 54.9 Å². The number of fused-ring (bicyclic) bond motifs is 2. The van der Waals surface area contributed by atoms with E-state index < -0.39 is 0 Å². The third kappa shape index (κ3) is 4.83. The van der Waals surface area contributed by atoms with E-state index in [4.69, 9.17) is 9.47 Å². The lowest BCUT2D eigenvalue weighted by molar-refractivity contribution is 0.0984. The number of ether oxygens (including phenoxy) is 2. The molecule has 160 valence electrons. The van der Waals surface area contributed by atoms with Crippen LogP contribution in [0.3, 0.4) is 0 Å². The summed E-state index contributed by atoms with van der Waals surface area (Å²) >= 11 is 1.31. The van der Waals surface area contributed by atoms with Crippen molar-refractivity contribution < 1.29 is 18.7 Å². The minimum absolute atomic E-state index is 0. The summed E-state index contributed by atoms with van der Waals surface area (Å²) in [4.78, 5) is 21.7. The summed E-state index contributed by atoms with van der Waals surface area (Å²) in [5.41, 5.74) is 1.18. The summed E-state index contributed by atoms with van der Waals surface area (Å²) in [6.07, 6.45) is 0.785. The molecule has 0 N–H and O–H groups in total. The lowest BCUT2D eigenvalue weighted by Crippen LogP contribution is -2.33. The van der Waals surface area contributed by atoms with Gasteiger partial charge in [0.2, 0.25) is 0 Å². The van der Waals surface area contributed by atoms with E-state index in [-0.39, 0.29) is 24.1 Å². The summed E-state index contributed by atoms with van der Waals surface area (Å²) in [6.45, 7) is 2.30. The van der Waals surface area contributed by atoms with Crippen molar-refractivity contribution in [3.63, 3.8) is 0 Å². The number of halogens is 2. The zero-order chi connectivity index (χ0) is 20.4. The summed E-state index contributed by atoms with van der Waals surface area (Å²) in [6, 6.07) is 9.67. The zero-order valence-corrected chi connectivity index (χ0v) is 18.4. The van der Waals surface area contributed by atoms with Crippen LogP contribution < -0.4 is 14.4 Å². The summed E-state index contributed by atoms with van der Waals surface area (Å²) in [7, 11) is 3.99. The molecule has 2 heterocycles. The van der Waals surface area contributed by atoms with E-state index in [0.717, 1.165) is 13.0 Å². The number of anilines is 1. The molecule has 1 aliphatic rings. The van der Waals surface area contributed by atoms with E-state index in [2.05, 4.69) is 9.88 Å². The number of carbonyl (C=O) groups excluding carboxylic acids is 1. The van der Waals surface area contributed by atoms with Crippen LogP contribution in [-0.2, 0) is 0 Å². The molecule has 0 saturated heterocycles. The van der Waals surface area contributed by atoms with E-state index in [9.17, 15) is 9.18 Å². The largest absolute Gasteiger partial charge is 0.486 e. The molecule has 0 atom stereocenters. The van der Waals surface area contributed by atoms with Crippen LogP contribution in [0.5, 0.6) is 11.5 Å². The summed E-state index contributed by atoms with van der Waals surface area (Å²) in [5.74, 6) is 0.731. The average molecular weight is 452 g/mol. The number of nitrogens with zero attached hydrogens (tertiary/aromatic N) is 3. The molecule has 0 saturated carbocycles.